The van der Waals surface area contributed by atoms with E-state index in [0.717, 1.165) is 23.2 Å². The van der Waals surface area contributed by atoms with Crippen molar-refractivity contribution >= 4 is 41.0 Å². The van der Waals surface area contributed by atoms with E-state index in [-0.39, 0.29) is 29.4 Å². The Hall–Kier alpha value is -3.17. The molecule has 0 aliphatic carbocycles. The van der Waals surface area contributed by atoms with Crippen molar-refractivity contribution in [2.24, 2.45) is 0 Å². The number of thioether (sulfide) groups is 1. The minimum absolute atomic E-state index is 0.131. The van der Waals surface area contributed by atoms with Crippen LogP contribution in [0.25, 0.3) is 5.69 Å². The summed E-state index contributed by atoms with van der Waals surface area (Å²) in [6, 6.07) is 13.0. The van der Waals surface area contributed by atoms with E-state index in [4.69, 9.17) is 26.2 Å². The Labute approximate surface area is 239 Å². The summed E-state index contributed by atoms with van der Waals surface area (Å²) in [6.07, 6.45) is 0.796. The molecule has 1 aliphatic rings. The number of methoxy groups -OCH3 is 2. The third-order valence-electron chi connectivity index (χ3n) is 6.47. The minimum Gasteiger partial charge on any atom is -0.497 e. The van der Waals surface area contributed by atoms with Crippen molar-refractivity contribution in [3.05, 3.63) is 64.3 Å². The molecule has 0 radical (unpaired) electrons. The van der Waals surface area contributed by atoms with E-state index in [1.165, 1.54) is 11.8 Å². The summed E-state index contributed by atoms with van der Waals surface area (Å²) in [4.78, 5) is 28.3. The zero-order valence-electron chi connectivity index (χ0n) is 23.2. The first-order chi connectivity index (χ1) is 18.6. The van der Waals surface area contributed by atoms with Gasteiger partial charge in [-0.25, -0.2) is 4.68 Å². The van der Waals surface area contributed by atoms with Crippen LogP contribution in [0.3, 0.4) is 0 Å². The van der Waals surface area contributed by atoms with Crippen molar-refractivity contribution in [1.29, 1.82) is 0 Å². The van der Waals surface area contributed by atoms with Crippen molar-refractivity contribution in [1.82, 2.24) is 15.1 Å². The summed E-state index contributed by atoms with van der Waals surface area (Å²) in [5.74, 6) is 1.62. The average molecular weight is 571 g/mol. The number of aromatic nitrogens is 2. The third kappa shape index (κ3) is 5.89. The Balaban J connectivity index is 2.06. The van der Waals surface area contributed by atoms with Gasteiger partial charge in [0.15, 0.2) is 0 Å². The van der Waals surface area contributed by atoms with E-state index in [2.05, 4.69) is 26.1 Å². The first-order valence-electron chi connectivity index (χ1n) is 12.9. The second-order valence-corrected chi connectivity index (χ2v) is 11.8. The normalized spacial score (nSPS) is 15.5. The maximum absolute atomic E-state index is 13.8. The summed E-state index contributed by atoms with van der Waals surface area (Å²) < 4.78 is 13.0. The van der Waals surface area contributed by atoms with Crippen LogP contribution in [-0.4, -0.2) is 54.7 Å². The number of nitrogens with one attached hydrogen (secondary N) is 1. The molecule has 10 heteroatoms. The SMILES string of the molecule is CCCNC(=O)CN1C(=O)CS[C@H](c2cc(OC)ccc2OC)c2c(C(C)(C)C)nn(-c3ccccc3Cl)c21. The quantitative estimate of drug-likeness (QED) is 0.383. The molecule has 0 fully saturated rings. The van der Waals surface area contributed by atoms with Crippen LogP contribution >= 0.6 is 23.4 Å². The number of benzene rings is 2. The lowest BCUT2D eigenvalue weighted by Crippen LogP contribution is -2.42. The van der Waals surface area contributed by atoms with Gasteiger partial charge in [0.2, 0.25) is 11.8 Å². The van der Waals surface area contributed by atoms with Crippen LogP contribution in [-0.2, 0) is 15.0 Å². The molecule has 208 valence electrons. The van der Waals surface area contributed by atoms with E-state index >= 15 is 0 Å². The summed E-state index contributed by atoms with van der Waals surface area (Å²) in [7, 11) is 3.24. The van der Waals surface area contributed by atoms with Crippen LogP contribution < -0.4 is 19.7 Å². The number of carbonyl (C=O) groups is 2. The number of carbonyl (C=O) groups excluding carboxylic acids is 2. The van der Waals surface area contributed by atoms with Gasteiger partial charge >= 0.3 is 0 Å². The van der Waals surface area contributed by atoms with Gasteiger partial charge in [0.05, 0.1) is 41.6 Å². The predicted octanol–water partition coefficient (Wildman–Crippen LogP) is 5.54. The number of amides is 2. The smallest absolute Gasteiger partial charge is 0.240 e. The first kappa shape index (κ1) is 28.8. The number of nitrogens with zero attached hydrogens (tertiary/aromatic N) is 3. The number of hydrogen-bond acceptors (Lipinski definition) is 6. The number of rotatable bonds is 8. The average Bonchev–Trinajstić information content (AvgIpc) is 3.25. The zero-order valence-corrected chi connectivity index (χ0v) is 24.8. The van der Waals surface area contributed by atoms with Gasteiger partial charge in [0.25, 0.3) is 0 Å². The highest BCUT2D eigenvalue weighted by Crippen LogP contribution is 2.51. The van der Waals surface area contributed by atoms with E-state index in [9.17, 15) is 9.59 Å². The molecule has 8 nitrogen and oxygen atoms in total. The topological polar surface area (TPSA) is 85.7 Å². The Kier molecular flexibility index (Phi) is 8.81. The summed E-state index contributed by atoms with van der Waals surface area (Å²) in [5.41, 5.74) is 2.73. The number of fused-ring (bicyclic) bond motifs is 1. The predicted molar refractivity (Wildman–Crippen MR) is 157 cm³/mol. The van der Waals surface area contributed by atoms with Gasteiger partial charge in [-0.1, -0.05) is 51.4 Å². The number of anilines is 1. The van der Waals surface area contributed by atoms with Gasteiger partial charge in [0, 0.05) is 23.1 Å². The molecule has 0 saturated carbocycles. The van der Waals surface area contributed by atoms with Gasteiger partial charge in [-0.3, -0.25) is 14.5 Å². The largest absolute Gasteiger partial charge is 0.497 e. The van der Waals surface area contributed by atoms with Crippen LogP contribution in [0.15, 0.2) is 42.5 Å². The lowest BCUT2D eigenvalue weighted by atomic mass is 9.87. The fourth-order valence-corrected chi connectivity index (χ4v) is 6.05. The molecule has 1 aliphatic heterocycles. The van der Waals surface area contributed by atoms with E-state index < -0.39 is 5.41 Å². The molecule has 4 rings (SSSR count). The van der Waals surface area contributed by atoms with Crippen molar-refractivity contribution in [3.8, 4) is 17.2 Å². The highest BCUT2D eigenvalue weighted by molar-refractivity contribution is 8.00. The van der Waals surface area contributed by atoms with Crippen LogP contribution in [0.5, 0.6) is 11.5 Å². The maximum Gasteiger partial charge on any atom is 0.240 e. The molecule has 0 spiro atoms. The molecule has 3 aromatic rings. The van der Waals surface area contributed by atoms with Crippen molar-refractivity contribution in [2.45, 2.75) is 44.8 Å². The van der Waals surface area contributed by atoms with Crippen molar-refractivity contribution in [2.75, 3.05) is 38.0 Å². The number of para-hydroxylation sites is 1. The van der Waals surface area contributed by atoms with Crippen molar-refractivity contribution < 1.29 is 19.1 Å². The molecule has 2 aromatic carbocycles. The molecule has 39 heavy (non-hydrogen) atoms. The fraction of sp³-hybridized carbons (Fsp3) is 0.414. The zero-order chi connectivity index (χ0) is 28.3. The van der Waals surface area contributed by atoms with Crippen LogP contribution in [0, 0.1) is 0 Å². The summed E-state index contributed by atoms with van der Waals surface area (Å²) in [6.45, 7) is 8.64. The molecule has 2 heterocycles. The number of ether oxygens (including phenoxy) is 2. The van der Waals surface area contributed by atoms with Crippen molar-refractivity contribution in [3.63, 3.8) is 0 Å². The van der Waals surface area contributed by atoms with Gasteiger partial charge in [0.1, 0.15) is 23.9 Å². The standard InChI is InChI=1S/C29H35ClN4O4S/c1-7-14-31-23(35)16-33-24(36)17-39-26(19-15-18(37-5)12-13-22(19)38-6)25-27(29(2,3)4)32-34(28(25)33)21-11-9-8-10-20(21)30/h8-13,15,26H,7,14,16-17H2,1-6H3,(H,31,35)/t26-/m1/s1. The van der Waals surface area contributed by atoms with Gasteiger partial charge in [-0.2, -0.15) is 5.10 Å². The number of halogens is 1. The highest BCUT2D eigenvalue weighted by Gasteiger charge is 2.41. The van der Waals surface area contributed by atoms with E-state index in [1.807, 2.05) is 43.3 Å². The lowest BCUT2D eigenvalue weighted by molar-refractivity contribution is -0.122. The Morgan fingerprint density at radius 1 is 1.18 bits per heavy atom. The molecule has 0 unspecified atom stereocenters. The second kappa shape index (κ2) is 11.9. The molecule has 2 amide bonds. The van der Waals surface area contributed by atoms with E-state index in [1.54, 1.807) is 29.9 Å². The minimum atomic E-state index is -0.398. The highest BCUT2D eigenvalue weighted by atomic mass is 35.5. The number of hydrogen-bond donors (Lipinski definition) is 1. The van der Waals surface area contributed by atoms with E-state index in [0.29, 0.717) is 34.6 Å². The Morgan fingerprint density at radius 3 is 2.56 bits per heavy atom. The second-order valence-electron chi connectivity index (χ2n) is 10.3. The van der Waals surface area contributed by atoms with Crippen LogP contribution in [0.4, 0.5) is 5.82 Å². The molecule has 1 aromatic heterocycles. The van der Waals surface area contributed by atoms with Crippen LogP contribution in [0.2, 0.25) is 5.02 Å². The first-order valence-corrected chi connectivity index (χ1v) is 14.3. The Bertz CT molecular complexity index is 1370. The Morgan fingerprint density at radius 2 is 1.92 bits per heavy atom. The molecule has 0 saturated heterocycles. The monoisotopic (exact) mass is 570 g/mol. The summed E-state index contributed by atoms with van der Waals surface area (Å²) >= 11 is 8.16. The molecule has 0 bridgehead atoms. The summed E-state index contributed by atoms with van der Waals surface area (Å²) in [5, 5.41) is 8.14. The molecular weight excluding hydrogens is 536 g/mol. The lowest BCUT2D eigenvalue weighted by Gasteiger charge is -2.25. The maximum atomic E-state index is 13.8. The van der Waals surface area contributed by atoms with Crippen LogP contribution in [0.1, 0.15) is 56.2 Å². The fourth-order valence-electron chi connectivity index (χ4n) is 4.62. The van der Waals surface area contributed by atoms with Gasteiger partial charge in [-0.05, 0) is 36.8 Å². The van der Waals surface area contributed by atoms with Gasteiger partial charge < -0.3 is 14.8 Å². The third-order valence-corrected chi connectivity index (χ3v) is 8.03. The molecule has 1 atom stereocenters. The molecular formula is C29H35ClN4O4S. The van der Waals surface area contributed by atoms with Gasteiger partial charge in [-0.15, -0.1) is 11.8 Å². The molecule has 1 N–H and O–H groups in total.